The van der Waals surface area contributed by atoms with E-state index in [1.165, 1.54) is 0 Å². The van der Waals surface area contributed by atoms with Crippen molar-refractivity contribution in [3.63, 3.8) is 0 Å². The van der Waals surface area contributed by atoms with Gasteiger partial charge in [0.05, 0.1) is 11.0 Å². The quantitative estimate of drug-likeness (QED) is 0.493. The lowest BCUT2D eigenvalue weighted by Gasteiger charge is -2.06. The molecule has 1 aromatic heterocycles. The molecule has 0 spiro atoms. The average Bonchev–Trinajstić information content (AvgIpc) is 2.88. The molecule has 0 aliphatic rings. The lowest BCUT2D eigenvalue weighted by molar-refractivity contribution is 0.0969. The number of benzene rings is 3. The molecule has 0 amide bonds. The third kappa shape index (κ3) is 1.85. The van der Waals surface area contributed by atoms with Gasteiger partial charge in [-0.1, -0.05) is 48.5 Å². The number of aromatic nitrogens is 1. The van der Waals surface area contributed by atoms with E-state index in [4.69, 9.17) is 0 Å². The predicted molar refractivity (Wildman–Crippen MR) is 90.4 cm³/mol. The molecule has 0 aliphatic carbocycles. The molecule has 0 bridgehead atoms. The fraction of sp³-hybridized carbons (Fsp3) is 0.0500. The summed E-state index contributed by atoms with van der Waals surface area (Å²) in [5, 5.41) is 2.23. The number of aryl methyl sites for hydroxylation is 1. The van der Waals surface area contributed by atoms with Crippen LogP contribution >= 0.6 is 0 Å². The molecule has 2 nitrogen and oxygen atoms in total. The molecule has 0 atom stereocenters. The maximum Gasteiger partial charge on any atom is 0.262 e. The number of rotatable bonds is 1. The largest absolute Gasteiger partial charge is 0.276 e. The average molecular weight is 285 g/mol. The summed E-state index contributed by atoms with van der Waals surface area (Å²) >= 11 is 0. The van der Waals surface area contributed by atoms with Gasteiger partial charge < -0.3 is 0 Å². The van der Waals surface area contributed by atoms with Crippen molar-refractivity contribution in [1.82, 2.24) is 4.57 Å². The maximum absolute atomic E-state index is 13.0. The third-order valence-corrected chi connectivity index (χ3v) is 4.05. The number of fused-ring (bicyclic) bond motifs is 3. The zero-order valence-corrected chi connectivity index (χ0v) is 12.3. The van der Waals surface area contributed by atoms with Crippen LogP contribution in [-0.4, -0.2) is 10.5 Å². The molecule has 4 aromatic rings. The summed E-state index contributed by atoms with van der Waals surface area (Å²) in [7, 11) is 0. The van der Waals surface area contributed by atoms with Crippen LogP contribution in [0.4, 0.5) is 0 Å². The first-order valence-electron chi connectivity index (χ1n) is 7.35. The van der Waals surface area contributed by atoms with Crippen LogP contribution in [0.3, 0.4) is 0 Å². The van der Waals surface area contributed by atoms with Gasteiger partial charge in [-0.25, -0.2) is 0 Å². The highest BCUT2D eigenvalue weighted by atomic mass is 16.2. The van der Waals surface area contributed by atoms with Crippen LogP contribution in [0.25, 0.3) is 21.8 Å². The van der Waals surface area contributed by atoms with Gasteiger partial charge in [-0.2, -0.15) is 0 Å². The Labute approximate surface area is 128 Å². The number of hydrogen-bond acceptors (Lipinski definition) is 1. The van der Waals surface area contributed by atoms with Gasteiger partial charge in [0.15, 0.2) is 0 Å². The van der Waals surface area contributed by atoms with Gasteiger partial charge in [-0.3, -0.25) is 9.36 Å². The molecule has 0 fully saturated rings. The van der Waals surface area contributed by atoms with Crippen molar-refractivity contribution >= 4 is 27.7 Å². The monoisotopic (exact) mass is 285 g/mol. The van der Waals surface area contributed by atoms with Crippen molar-refractivity contribution in [2.75, 3.05) is 0 Å². The summed E-state index contributed by atoms with van der Waals surface area (Å²) < 4.78 is 1.83. The van der Waals surface area contributed by atoms with Gasteiger partial charge >= 0.3 is 0 Å². The Morgan fingerprint density at radius 3 is 2.27 bits per heavy atom. The molecule has 0 radical (unpaired) electrons. The SMILES string of the molecule is Cc1ccc2c3ccccc3n(C(=O)c3ccccc3)c2c1. The molecule has 0 saturated carbocycles. The molecule has 3 aromatic carbocycles. The summed E-state index contributed by atoms with van der Waals surface area (Å²) in [6.07, 6.45) is 0. The zero-order chi connectivity index (χ0) is 15.1. The summed E-state index contributed by atoms with van der Waals surface area (Å²) in [5.74, 6) is 0.0115. The van der Waals surface area contributed by atoms with Crippen LogP contribution in [0.1, 0.15) is 15.9 Å². The second-order valence-electron chi connectivity index (χ2n) is 5.54. The van der Waals surface area contributed by atoms with Crippen molar-refractivity contribution in [2.45, 2.75) is 6.92 Å². The van der Waals surface area contributed by atoms with E-state index >= 15 is 0 Å². The van der Waals surface area contributed by atoms with Crippen molar-refractivity contribution in [2.24, 2.45) is 0 Å². The Balaban J connectivity index is 2.10. The van der Waals surface area contributed by atoms with E-state index in [1.807, 2.05) is 53.1 Å². The topological polar surface area (TPSA) is 22.0 Å². The fourth-order valence-electron chi connectivity index (χ4n) is 3.01. The van der Waals surface area contributed by atoms with Crippen LogP contribution in [0, 0.1) is 6.92 Å². The molecule has 1 heterocycles. The highest BCUT2D eigenvalue weighted by Crippen LogP contribution is 2.30. The molecule has 0 saturated heterocycles. The van der Waals surface area contributed by atoms with Crippen molar-refractivity contribution in [3.05, 3.63) is 83.9 Å². The van der Waals surface area contributed by atoms with E-state index < -0.39 is 0 Å². The summed E-state index contributed by atoms with van der Waals surface area (Å²) in [6.45, 7) is 2.05. The highest BCUT2D eigenvalue weighted by Gasteiger charge is 2.16. The third-order valence-electron chi connectivity index (χ3n) is 4.05. The minimum Gasteiger partial charge on any atom is -0.276 e. The van der Waals surface area contributed by atoms with E-state index in [0.29, 0.717) is 5.56 Å². The molecule has 2 heteroatoms. The molecule has 0 unspecified atom stereocenters. The van der Waals surface area contributed by atoms with Gasteiger partial charge in [0.2, 0.25) is 0 Å². The Kier molecular flexibility index (Phi) is 2.83. The first-order valence-corrected chi connectivity index (χ1v) is 7.35. The van der Waals surface area contributed by atoms with Gasteiger partial charge in [-0.05, 0) is 36.8 Å². The lowest BCUT2D eigenvalue weighted by Crippen LogP contribution is -2.11. The van der Waals surface area contributed by atoms with E-state index in [0.717, 1.165) is 27.4 Å². The molecule has 22 heavy (non-hydrogen) atoms. The molecular formula is C20H15NO. The lowest BCUT2D eigenvalue weighted by atomic mass is 10.1. The second kappa shape index (κ2) is 4.85. The highest BCUT2D eigenvalue weighted by molar-refractivity contribution is 6.16. The molecule has 4 rings (SSSR count). The zero-order valence-electron chi connectivity index (χ0n) is 12.3. The van der Waals surface area contributed by atoms with Crippen LogP contribution in [0.2, 0.25) is 0 Å². The summed E-state index contributed by atoms with van der Waals surface area (Å²) in [4.78, 5) is 13.0. The van der Waals surface area contributed by atoms with Gasteiger partial charge in [-0.15, -0.1) is 0 Å². The minimum atomic E-state index is 0.0115. The number of para-hydroxylation sites is 1. The Morgan fingerprint density at radius 1 is 0.773 bits per heavy atom. The number of hydrogen-bond donors (Lipinski definition) is 0. The first kappa shape index (κ1) is 12.8. The Morgan fingerprint density at radius 2 is 1.45 bits per heavy atom. The van der Waals surface area contributed by atoms with Crippen LogP contribution in [-0.2, 0) is 0 Å². The normalized spacial score (nSPS) is 11.1. The molecular weight excluding hydrogens is 270 g/mol. The summed E-state index contributed by atoms with van der Waals surface area (Å²) in [5.41, 5.74) is 3.77. The van der Waals surface area contributed by atoms with Crippen LogP contribution < -0.4 is 0 Å². The summed E-state index contributed by atoms with van der Waals surface area (Å²) in [6, 6.07) is 23.8. The fourth-order valence-corrected chi connectivity index (χ4v) is 3.01. The van der Waals surface area contributed by atoms with Gasteiger partial charge in [0.1, 0.15) is 0 Å². The van der Waals surface area contributed by atoms with E-state index in [9.17, 15) is 4.79 Å². The molecule has 0 N–H and O–H groups in total. The number of carbonyl (C=O) groups is 1. The van der Waals surface area contributed by atoms with Gasteiger partial charge in [0.25, 0.3) is 5.91 Å². The van der Waals surface area contributed by atoms with E-state index in [-0.39, 0.29) is 5.91 Å². The number of nitrogens with zero attached hydrogens (tertiary/aromatic N) is 1. The van der Waals surface area contributed by atoms with Crippen molar-refractivity contribution in [3.8, 4) is 0 Å². The van der Waals surface area contributed by atoms with E-state index in [1.54, 1.807) is 0 Å². The Bertz CT molecular complexity index is 996. The first-order chi connectivity index (χ1) is 10.8. The molecule has 106 valence electrons. The van der Waals surface area contributed by atoms with Crippen molar-refractivity contribution < 1.29 is 4.79 Å². The Hall–Kier alpha value is -2.87. The van der Waals surface area contributed by atoms with E-state index in [2.05, 4.69) is 31.2 Å². The molecule has 0 aliphatic heterocycles. The van der Waals surface area contributed by atoms with Crippen molar-refractivity contribution in [1.29, 1.82) is 0 Å². The van der Waals surface area contributed by atoms with Crippen LogP contribution in [0.5, 0.6) is 0 Å². The van der Waals surface area contributed by atoms with Gasteiger partial charge in [0, 0.05) is 16.3 Å². The minimum absolute atomic E-state index is 0.0115. The van der Waals surface area contributed by atoms with Crippen LogP contribution in [0.15, 0.2) is 72.8 Å². The second-order valence-corrected chi connectivity index (χ2v) is 5.54. The predicted octanol–water partition coefficient (Wildman–Crippen LogP) is 4.79. The number of carbonyl (C=O) groups excluding carboxylic acids is 1. The smallest absolute Gasteiger partial charge is 0.262 e. The standard InChI is InChI=1S/C20H15NO/c1-14-11-12-17-16-9-5-6-10-18(16)21(19(17)13-14)20(22)15-7-3-2-4-8-15/h2-13H,1H3. The maximum atomic E-state index is 13.0.